The maximum Gasteiger partial charge on any atom is 0.282 e. The summed E-state index contributed by atoms with van der Waals surface area (Å²) in [5.74, 6) is -0.675. The summed E-state index contributed by atoms with van der Waals surface area (Å²) in [6.07, 6.45) is 1.28. The minimum atomic E-state index is -0.620. The summed E-state index contributed by atoms with van der Waals surface area (Å²) >= 11 is 0. The zero-order valence-corrected chi connectivity index (χ0v) is 14.7. The Balaban J connectivity index is 1.92. The first-order valence-corrected chi connectivity index (χ1v) is 8.50. The van der Waals surface area contributed by atoms with Crippen LogP contribution in [0.15, 0.2) is 42.5 Å². The SMILES string of the molecule is COc1ccc([N+](=O)[O-])c(C(=O)N[C@@H](c2ccc(F)cc2)[C@H]2CCCO2)c1. The van der Waals surface area contributed by atoms with Crippen molar-refractivity contribution in [2.45, 2.75) is 25.0 Å². The minimum absolute atomic E-state index is 0.107. The van der Waals surface area contributed by atoms with Crippen LogP contribution in [0, 0.1) is 15.9 Å². The van der Waals surface area contributed by atoms with E-state index in [-0.39, 0.29) is 23.2 Å². The fraction of sp³-hybridized carbons (Fsp3) is 0.316. The smallest absolute Gasteiger partial charge is 0.282 e. The monoisotopic (exact) mass is 374 g/mol. The lowest BCUT2D eigenvalue weighted by Gasteiger charge is -2.25. The molecule has 2 aromatic carbocycles. The van der Waals surface area contributed by atoms with Crippen LogP contribution in [0.5, 0.6) is 5.75 Å². The second-order valence-electron chi connectivity index (χ2n) is 6.19. The van der Waals surface area contributed by atoms with Gasteiger partial charge in [-0.25, -0.2) is 4.39 Å². The number of halogens is 1. The largest absolute Gasteiger partial charge is 0.497 e. The molecule has 0 radical (unpaired) electrons. The quantitative estimate of drug-likeness (QED) is 0.618. The Labute approximate surface area is 155 Å². The molecule has 8 heteroatoms. The predicted octanol–water partition coefficient (Wildman–Crippen LogP) is 3.39. The highest BCUT2D eigenvalue weighted by Gasteiger charge is 2.31. The first-order valence-electron chi connectivity index (χ1n) is 8.50. The van der Waals surface area contributed by atoms with Gasteiger partial charge in [-0.15, -0.1) is 0 Å². The van der Waals surface area contributed by atoms with Crippen molar-refractivity contribution in [2.75, 3.05) is 13.7 Å². The molecule has 2 aromatic rings. The average molecular weight is 374 g/mol. The van der Waals surface area contributed by atoms with Gasteiger partial charge in [0.05, 0.1) is 24.2 Å². The lowest BCUT2D eigenvalue weighted by molar-refractivity contribution is -0.385. The van der Waals surface area contributed by atoms with Gasteiger partial charge in [0.2, 0.25) is 0 Å². The normalized spacial score (nSPS) is 17.3. The Bertz CT molecular complexity index is 834. The van der Waals surface area contributed by atoms with Crippen LogP contribution in [0.3, 0.4) is 0 Å². The number of nitro benzene ring substituents is 1. The van der Waals surface area contributed by atoms with Crippen LogP contribution in [-0.4, -0.2) is 30.7 Å². The third kappa shape index (κ3) is 4.22. The van der Waals surface area contributed by atoms with E-state index in [1.165, 1.54) is 37.4 Å². The van der Waals surface area contributed by atoms with E-state index in [4.69, 9.17) is 9.47 Å². The zero-order valence-electron chi connectivity index (χ0n) is 14.7. The highest BCUT2D eigenvalue weighted by Crippen LogP contribution is 2.29. The molecule has 2 atom stereocenters. The number of hydrogen-bond acceptors (Lipinski definition) is 5. The van der Waals surface area contributed by atoms with Gasteiger partial charge in [0, 0.05) is 12.7 Å². The topological polar surface area (TPSA) is 90.7 Å². The summed E-state index contributed by atoms with van der Waals surface area (Å²) in [7, 11) is 1.41. The van der Waals surface area contributed by atoms with Crippen molar-refractivity contribution in [1.29, 1.82) is 0 Å². The average Bonchev–Trinajstić information content (AvgIpc) is 3.20. The zero-order chi connectivity index (χ0) is 19.4. The number of ether oxygens (including phenoxy) is 2. The lowest BCUT2D eigenvalue weighted by atomic mass is 9.98. The molecule has 142 valence electrons. The predicted molar refractivity (Wildman–Crippen MR) is 95.2 cm³/mol. The van der Waals surface area contributed by atoms with Crippen LogP contribution >= 0.6 is 0 Å². The van der Waals surface area contributed by atoms with Gasteiger partial charge in [0.25, 0.3) is 11.6 Å². The van der Waals surface area contributed by atoms with Gasteiger partial charge >= 0.3 is 0 Å². The van der Waals surface area contributed by atoms with Gasteiger partial charge in [-0.1, -0.05) is 12.1 Å². The molecule has 1 N–H and O–H groups in total. The number of carbonyl (C=O) groups excluding carboxylic acids is 1. The van der Waals surface area contributed by atoms with Gasteiger partial charge in [-0.2, -0.15) is 0 Å². The molecule has 0 spiro atoms. The fourth-order valence-electron chi connectivity index (χ4n) is 3.13. The molecule has 3 rings (SSSR count). The third-order valence-electron chi connectivity index (χ3n) is 4.50. The third-order valence-corrected chi connectivity index (χ3v) is 4.50. The second-order valence-corrected chi connectivity index (χ2v) is 6.19. The molecule has 0 aromatic heterocycles. The first kappa shape index (κ1) is 18.8. The molecule has 1 aliphatic heterocycles. The van der Waals surface area contributed by atoms with Crippen LogP contribution < -0.4 is 10.1 Å². The minimum Gasteiger partial charge on any atom is -0.497 e. The molecule has 0 aliphatic carbocycles. The molecule has 1 fully saturated rings. The number of nitro groups is 1. The van der Waals surface area contributed by atoms with Gasteiger partial charge in [0.1, 0.15) is 17.1 Å². The standard InChI is InChI=1S/C19H19FN2O5/c1-26-14-8-9-16(22(24)25)15(11-14)19(23)21-18(17-3-2-10-27-17)12-4-6-13(20)7-5-12/h4-9,11,17-18H,2-3,10H2,1H3,(H,21,23)/t17-,18+/m1/s1. The van der Waals surface area contributed by atoms with E-state index in [2.05, 4.69) is 5.32 Å². The molecule has 0 unspecified atom stereocenters. The number of nitrogens with zero attached hydrogens (tertiary/aromatic N) is 1. The Morgan fingerprint density at radius 2 is 2.07 bits per heavy atom. The molecule has 1 heterocycles. The Hall–Kier alpha value is -3.00. The maximum atomic E-state index is 13.3. The van der Waals surface area contributed by atoms with Crippen molar-refractivity contribution < 1.29 is 23.6 Å². The van der Waals surface area contributed by atoms with E-state index in [1.807, 2.05) is 0 Å². The van der Waals surface area contributed by atoms with E-state index in [9.17, 15) is 19.3 Å². The van der Waals surface area contributed by atoms with Gasteiger partial charge in [-0.3, -0.25) is 14.9 Å². The summed E-state index contributed by atoms with van der Waals surface area (Å²) in [5.41, 5.74) is 0.241. The van der Waals surface area contributed by atoms with Crippen molar-refractivity contribution >= 4 is 11.6 Å². The van der Waals surface area contributed by atoms with Crippen molar-refractivity contribution in [3.8, 4) is 5.75 Å². The van der Waals surface area contributed by atoms with Crippen LogP contribution in [-0.2, 0) is 4.74 Å². The number of benzene rings is 2. The fourth-order valence-corrected chi connectivity index (χ4v) is 3.13. The molecular weight excluding hydrogens is 355 g/mol. The summed E-state index contributed by atoms with van der Waals surface area (Å²) < 4.78 is 24.0. The molecule has 1 aliphatic rings. The molecule has 1 saturated heterocycles. The Morgan fingerprint density at radius 1 is 1.33 bits per heavy atom. The van der Waals surface area contributed by atoms with Crippen molar-refractivity contribution in [3.63, 3.8) is 0 Å². The van der Waals surface area contributed by atoms with Crippen molar-refractivity contribution in [3.05, 3.63) is 69.5 Å². The first-order chi connectivity index (χ1) is 13.0. The molecule has 0 bridgehead atoms. The van der Waals surface area contributed by atoms with E-state index >= 15 is 0 Å². The maximum absolute atomic E-state index is 13.3. The molecule has 1 amide bonds. The van der Waals surface area contributed by atoms with E-state index in [0.717, 1.165) is 12.8 Å². The summed E-state index contributed by atoms with van der Waals surface area (Å²) in [5, 5.41) is 14.1. The number of rotatable bonds is 6. The molecule has 0 saturated carbocycles. The number of nitrogens with one attached hydrogen (secondary N) is 1. The van der Waals surface area contributed by atoms with Gasteiger partial charge in [0.15, 0.2) is 0 Å². The summed E-state index contributed by atoms with van der Waals surface area (Å²) in [6, 6.07) is 9.18. The van der Waals surface area contributed by atoms with Gasteiger partial charge in [-0.05, 0) is 42.7 Å². The van der Waals surface area contributed by atoms with Gasteiger partial charge < -0.3 is 14.8 Å². The summed E-state index contributed by atoms with van der Waals surface area (Å²) in [6.45, 7) is 0.567. The van der Waals surface area contributed by atoms with Crippen molar-refractivity contribution in [1.82, 2.24) is 5.32 Å². The highest BCUT2D eigenvalue weighted by atomic mass is 19.1. The van der Waals surface area contributed by atoms with E-state index < -0.39 is 16.9 Å². The Kier molecular flexibility index (Phi) is 5.66. The molecular formula is C19H19FN2O5. The van der Waals surface area contributed by atoms with E-state index in [1.54, 1.807) is 12.1 Å². The Morgan fingerprint density at radius 3 is 2.67 bits per heavy atom. The number of hydrogen-bond donors (Lipinski definition) is 1. The van der Waals surface area contributed by atoms with Crippen LogP contribution in [0.4, 0.5) is 10.1 Å². The van der Waals surface area contributed by atoms with Crippen LogP contribution in [0.2, 0.25) is 0 Å². The van der Waals surface area contributed by atoms with Crippen LogP contribution in [0.25, 0.3) is 0 Å². The van der Waals surface area contributed by atoms with Crippen molar-refractivity contribution in [2.24, 2.45) is 0 Å². The highest BCUT2D eigenvalue weighted by molar-refractivity contribution is 5.98. The molecule has 7 nitrogen and oxygen atoms in total. The summed E-state index contributed by atoms with van der Waals surface area (Å²) in [4.78, 5) is 23.5. The number of amides is 1. The van der Waals surface area contributed by atoms with Crippen LogP contribution in [0.1, 0.15) is 34.8 Å². The van der Waals surface area contributed by atoms with E-state index in [0.29, 0.717) is 17.9 Å². The lowest BCUT2D eigenvalue weighted by Crippen LogP contribution is -2.36. The molecule has 27 heavy (non-hydrogen) atoms. The number of carbonyl (C=O) groups is 1. The second kappa shape index (κ2) is 8.13. The number of methoxy groups -OCH3 is 1.